The van der Waals surface area contributed by atoms with Gasteiger partial charge in [-0.1, -0.05) is 19.1 Å². The predicted molar refractivity (Wildman–Crippen MR) is 78.2 cm³/mol. The summed E-state index contributed by atoms with van der Waals surface area (Å²) in [6.07, 6.45) is 4.47. The zero-order chi connectivity index (χ0) is 14.2. The summed E-state index contributed by atoms with van der Waals surface area (Å²) in [5, 5.41) is 6.17. The lowest BCUT2D eigenvalue weighted by Crippen LogP contribution is -2.24. The minimum atomic E-state index is -0.0141. The SMILES string of the molecule is CCCNC(=O)c1cccc(CNCc2ncc[nH]2)c1. The van der Waals surface area contributed by atoms with Gasteiger partial charge >= 0.3 is 0 Å². The van der Waals surface area contributed by atoms with Gasteiger partial charge in [0.15, 0.2) is 0 Å². The van der Waals surface area contributed by atoms with Crippen LogP contribution in [-0.2, 0) is 13.1 Å². The summed E-state index contributed by atoms with van der Waals surface area (Å²) in [5.74, 6) is 0.890. The number of carbonyl (C=O) groups excluding carboxylic acids is 1. The number of nitrogens with zero attached hydrogens (tertiary/aromatic N) is 1. The Morgan fingerprint density at radius 1 is 1.35 bits per heavy atom. The van der Waals surface area contributed by atoms with E-state index in [-0.39, 0.29) is 5.91 Å². The molecule has 0 aliphatic heterocycles. The lowest BCUT2D eigenvalue weighted by atomic mass is 10.1. The van der Waals surface area contributed by atoms with E-state index in [0.717, 1.165) is 17.8 Å². The largest absolute Gasteiger partial charge is 0.352 e. The van der Waals surface area contributed by atoms with Crippen molar-refractivity contribution in [1.82, 2.24) is 20.6 Å². The molecule has 0 aliphatic rings. The number of aromatic amines is 1. The number of imidazole rings is 1. The summed E-state index contributed by atoms with van der Waals surface area (Å²) in [5.41, 5.74) is 1.79. The summed E-state index contributed by atoms with van der Waals surface area (Å²) in [4.78, 5) is 19.1. The molecule has 0 aliphatic carbocycles. The molecule has 0 saturated carbocycles. The molecule has 0 saturated heterocycles. The molecule has 0 spiro atoms. The molecular formula is C15H20N4O. The molecule has 1 amide bonds. The van der Waals surface area contributed by atoms with Crippen LogP contribution in [0.25, 0.3) is 0 Å². The van der Waals surface area contributed by atoms with Gasteiger partial charge in [-0.05, 0) is 24.1 Å². The molecule has 0 unspecified atom stereocenters. The molecule has 5 nitrogen and oxygen atoms in total. The molecule has 2 aromatic rings. The van der Waals surface area contributed by atoms with Crippen molar-refractivity contribution in [3.05, 3.63) is 53.6 Å². The summed E-state index contributed by atoms with van der Waals surface area (Å²) in [7, 11) is 0. The summed E-state index contributed by atoms with van der Waals surface area (Å²) in [6, 6.07) is 7.66. The van der Waals surface area contributed by atoms with E-state index >= 15 is 0 Å². The number of aromatic nitrogens is 2. The van der Waals surface area contributed by atoms with Crippen LogP contribution in [0.1, 0.15) is 35.1 Å². The normalized spacial score (nSPS) is 10.4. The van der Waals surface area contributed by atoms with Crippen molar-refractivity contribution in [2.24, 2.45) is 0 Å². The fourth-order valence-corrected chi connectivity index (χ4v) is 1.88. The summed E-state index contributed by atoms with van der Waals surface area (Å²) < 4.78 is 0. The Balaban J connectivity index is 1.87. The first kappa shape index (κ1) is 14.3. The third-order valence-corrected chi connectivity index (χ3v) is 2.90. The van der Waals surface area contributed by atoms with Crippen LogP contribution in [0.2, 0.25) is 0 Å². The summed E-state index contributed by atoms with van der Waals surface area (Å²) in [6.45, 7) is 4.13. The highest BCUT2D eigenvalue weighted by molar-refractivity contribution is 5.94. The Kier molecular flexibility index (Phi) is 5.32. The lowest BCUT2D eigenvalue weighted by Gasteiger charge is -2.07. The molecule has 1 aromatic heterocycles. The first-order valence-corrected chi connectivity index (χ1v) is 6.85. The highest BCUT2D eigenvalue weighted by Gasteiger charge is 2.05. The minimum absolute atomic E-state index is 0.0141. The Morgan fingerprint density at radius 3 is 3.00 bits per heavy atom. The van der Waals surface area contributed by atoms with E-state index in [1.807, 2.05) is 31.2 Å². The van der Waals surface area contributed by atoms with Crippen LogP contribution >= 0.6 is 0 Å². The molecular weight excluding hydrogens is 252 g/mol. The van der Waals surface area contributed by atoms with Crippen LogP contribution in [0.15, 0.2) is 36.7 Å². The van der Waals surface area contributed by atoms with Gasteiger partial charge in [-0.25, -0.2) is 4.98 Å². The fourth-order valence-electron chi connectivity index (χ4n) is 1.88. The molecule has 1 aromatic carbocycles. The molecule has 1 heterocycles. The Labute approximate surface area is 118 Å². The number of rotatable bonds is 7. The van der Waals surface area contributed by atoms with Gasteiger partial charge in [-0.2, -0.15) is 0 Å². The third-order valence-electron chi connectivity index (χ3n) is 2.90. The van der Waals surface area contributed by atoms with Gasteiger partial charge in [-0.15, -0.1) is 0 Å². The average molecular weight is 272 g/mol. The molecule has 0 fully saturated rings. The Bertz CT molecular complexity index is 537. The molecule has 106 valence electrons. The van der Waals surface area contributed by atoms with E-state index in [1.165, 1.54) is 0 Å². The van der Waals surface area contributed by atoms with Crippen molar-refractivity contribution >= 4 is 5.91 Å². The van der Waals surface area contributed by atoms with Gasteiger partial charge in [0.2, 0.25) is 0 Å². The second-order valence-corrected chi connectivity index (χ2v) is 4.60. The number of carbonyl (C=O) groups is 1. The van der Waals surface area contributed by atoms with Gasteiger partial charge in [0.05, 0.1) is 6.54 Å². The first-order valence-electron chi connectivity index (χ1n) is 6.85. The highest BCUT2D eigenvalue weighted by atomic mass is 16.1. The van der Waals surface area contributed by atoms with Crippen LogP contribution in [0.5, 0.6) is 0 Å². The fraction of sp³-hybridized carbons (Fsp3) is 0.333. The van der Waals surface area contributed by atoms with Crippen molar-refractivity contribution in [3.63, 3.8) is 0 Å². The first-order chi connectivity index (χ1) is 9.79. The van der Waals surface area contributed by atoms with E-state index in [4.69, 9.17) is 0 Å². The van der Waals surface area contributed by atoms with Crippen molar-refractivity contribution < 1.29 is 4.79 Å². The van der Waals surface area contributed by atoms with E-state index in [9.17, 15) is 4.79 Å². The zero-order valence-corrected chi connectivity index (χ0v) is 11.6. The molecule has 5 heteroatoms. The summed E-state index contributed by atoms with van der Waals surface area (Å²) >= 11 is 0. The molecule has 2 rings (SSSR count). The molecule has 0 bridgehead atoms. The number of hydrogen-bond donors (Lipinski definition) is 3. The van der Waals surface area contributed by atoms with Crippen LogP contribution in [0, 0.1) is 0 Å². The molecule has 0 radical (unpaired) electrons. The highest BCUT2D eigenvalue weighted by Crippen LogP contribution is 2.05. The van der Waals surface area contributed by atoms with Crippen molar-refractivity contribution in [3.8, 4) is 0 Å². The monoisotopic (exact) mass is 272 g/mol. The van der Waals surface area contributed by atoms with E-state index in [0.29, 0.717) is 25.2 Å². The van der Waals surface area contributed by atoms with E-state index in [1.54, 1.807) is 12.4 Å². The number of nitrogens with one attached hydrogen (secondary N) is 3. The number of H-pyrrole nitrogens is 1. The zero-order valence-electron chi connectivity index (χ0n) is 11.6. The Morgan fingerprint density at radius 2 is 2.25 bits per heavy atom. The second kappa shape index (κ2) is 7.45. The average Bonchev–Trinajstić information content (AvgIpc) is 2.98. The predicted octanol–water partition coefficient (Wildman–Crippen LogP) is 1.84. The maximum Gasteiger partial charge on any atom is 0.251 e. The van der Waals surface area contributed by atoms with Gasteiger partial charge in [0, 0.05) is 31.0 Å². The van der Waals surface area contributed by atoms with Crippen molar-refractivity contribution in [1.29, 1.82) is 0 Å². The number of hydrogen-bond acceptors (Lipinski definition) is 3. The smallest absolute Gasteiger partial charge is 0.251 e. The van der Waals surface area contributed by atoms with Gasteiger partial charge in [-0.3, -0.25) is 4.79 Å². The topological polar surface area (TPSA) is 69.8 Å². The van der Waals surface area contributed by atoms with Gasteiger partial charge < -0.3 is 15.6 Å². The maximum absolute atomic E-state index is 11.9. The number of benzene rings is 1. The van der Waals surface area contributed by atoms with Crippen molar-refractivity contribution in [2.45, 2.75) is 26.4 Å². The lowest BCUT2D eigenvalue weighted by molar-refractivity contribution is 0.0953. The van der Waals surface area contributed by atoms with Crippen LogP contribution < -0.4 is 10.6 Å². The van der Waals surface area contributed by atoms with Crippen molar-refractivity contribution in [2.75, 3.05) is 6.54 Å². The quantitative estimate of drug-likeness (QED) is 0.720. The van der Waals surface area contributed by atoms with Crippen LogP contribution in [-0.4, -0.2) is 22.4 Å². The Hall–Kier alpha value is -2.14. The molecule has 20 heavy (non-hydrogen) atoms. The van der Waals surface area contributed by atoms with Crippen LogP contribution in [0.4, 0.5) is 0 Å². The van der Waals surface area contributed by atoms with Gasteiger partial charge in [0.1, 0.15) is 5.82 Å². The number of amides is 1. The minimum Gasteiger partial charge on any atom is -0.352 e. The molecule has 3 N–H and O–H groups in total. The van der Waals surface area contributed by atoms with E-state index in [2.05, 4.69) is 20.6 Å². The second-order valence-electron chi connectivity index (χ2n) is 4.60. The van der Waals surface area contributed by atoms with Crippen LogP contribution in [0.3, 0.4) is 0 Å². The van der Waals surface area contributed by atoms with Gasteiger partial charge in [0.25, 0.3) is 5.91 Å². The third kappa shape index (κ3) is 4.20. The van der Waals surface area contributed by atoms with E-state index < -0.39 is 0 Å². The standard InChI is InChI=1S/C15H20N4O/c1-2-6-19-15(20)13-5-3-4-12(9-13)10-16-11-14-17-7-8-18-14/h3-5,7-9,16H,2,6,10-11H2,1H3,(H,17,18)(H,19,20). The molecule has 0 atom stereocenters. The maximum atomic E-state index is 11.9.